The number of aryl methyl sites for hydroxylation is 1. The van der Waals surface area contributed by atoms with E-state index in [4.69, 9.17) is 0 Å². The highest BCUT2D eigenvalue weighted by molar-refractivity contribution is 7.88. The first-order valence-electron chi connectivity index (χ1n) is 7.81. The Labute approximate surface area is 136 Å². The highest BCUT2D eigenvalue weighted by Gasteiger charge is 2.24. The Hall–Kier alpha value is -1.47. The van der Waals surface area contributed by atoms with Crippen LogP contribution in [0.5, 0.6) is 0 Å². The molecule has 1 aromatic carbocycles. The van der Waals surface area contributed by atoms with Crippen LogP contribution in [0.15, 0.2) is 24.3 Å². The number of amides is 1. The molecule has 1 N–H and O–H groups in total. The second-order valence-corrected chi connectivity index (χ2v) is 7.90. The van der Waals surface area contributed by atoms with E-state index in [1.54, 1.807) is 17.0 Å². The Bertz CT molecular complexity index is 648. The number of hydrogen-bond donors (Lipinski definition) is 1. The molecule has 0 aliphatic carbocycles. The van der Waals surface area contributed by atoms with Gasteiger partial charge in [-0.05, 0) is 43.2 Å². The summed E-state index contributed by atoms with van der Waals surface area (Å²) in [7, 11) is -3.36. The summed E-state index contributed by atoms with van der Waals surface area (Å²) in [6, 6.07) is 6.75. The number of likely N-dealkylation sites (tertiary alicyclic amines) is 1. The van der Waals surface area contributed by atoms with E-state index in [-0.39, 0.29) is 18.3 Å². The van der Waals surface area contributed by atoms with Gasteiger partial charge in [0.1, 0.15) is 5.82 Å². The van der Waals surface area contributed by atoms with Crippen molar-refractivity contribution in [1.29, 1.82) is 0 Å². The molecule has 1 saturated heterocycles. The molecule has 128 valence electrons. The molecule has 1 heterocycles. The summed E-state index contributed by atoms with van der Waals surface area (Å²) in [5.41, 5.74) is 0.703. The molecule has 2 rings (SSSR count). The summed E-state index contributed by atoms with van der Waals surface area (Å²) in [6.45, 7) is 1.07. The van der Waals surface area contributed by atoms with Gasteiger partial charge in [0, 0.05) is 13.1 Å². The first-order chi connectivity index (χ1) is 10.8. The van der Waals surface area contributed by atoms with Gasteiger partial charge in [-0.3, -0.25) is 4.79 Å². The summed E-state index contributed by atoms with van der Waals surface area (Å²) in [5, 5.41) is 0. The summed E-state index contributed by atoms with van der Waals surface area (Å²) in [6.07, 6.45) is 4.42. The smallest absolute Gasteiger partial charge is 0.237 e. The molecule has 1 aliphatic heterocycles. The average Bonchev–Trinajstić information content (AvgIpc) is 2.51. The van der Waals surface area contributed by atoms with Crippen molar-refractivity contribution in [2.45, 2.75) is 25.7 Å². The number of piperidine rings is 1. The molecule has 1 unspecified atom stereocenters. The van der Waals surface area contributed by atoms with Gasteiger partial charge in [-0.25, -0.2) is 17.5 Å². The van der Waals surface area contributed by atoms with Crippen LogP contribution < -0.4 is 4.72 Å². The lowest BCUT2D eigenvalue weighted by Crippen LogP contribution is -2.45. The van der Waals surface area contributed by atoms with E-state index >= 15 is 0 Å². The van der Waals surface area contributed by atoms with Crippen LogP contribution in [0.2, 0.25) is 0 Å². The summed E-state index contributed by atoms with van der Waals surface area (Å²) < 4.78 is 38.0. The lowest BCUT2D eigenvalue weighted by molar-refractivity contribution is -0.131. The molecule has 1 aliphatic rings. The van der Waals surface area contributed by atoms with Gasteiger partial charge in [0.15, 0.2) is 0 Å². The van der Waals surface area contributed by atoms with Crippen LogP contribution in [0, 0.1) is 11.7 Å². The largest absolute Gasteiger partial charge is 0.341 e. The van der Waals surface area contributed by atoms with Crippen molar-refractivity contribution in [2.24, 2.45) is 5.92 Å². The third-order valence-corrected chi connectivity index (χ3v) is 4.81. The summed E-state index contributed by atoms with van der Waals surface area (Å²) in [5.74, 6) is -0.0647. The zero-order chi connectivity index (χ0) is 16.9. The molecule has 0 saturated carbocycles. The van der Waals surface area contributed by atoms with Crippen molar-refractivity contribution in [3.8, 4) is 0 Å². The topological polar surface area (TPSA) is 66.5 Å². The third-order valence-electron chi connectivity index (χ3n) is 4.14. The van der Waals surface area contributed by atoms with E-state index in [2.05, 4.69) is 4.72 Å². The van der Waals surface area contributed by atoms with Crippen molar-refractivity contribution in [1.82, 2.24) is 9.62 Å². The molecule has 5 nitrogen and oxygen atoms in total. The monoisotopic (exact) mass is 342 g/mol. The van der Waals surface area contributed by atoms with E-state index in [0.29, 0.717) is 31.0 Å². The molecule has 23 heavy (non-hydrogen) atoms. The maximum atomic E-state index is 13.6. The van der Waals surface area contributed by atoms with E-state index in [9.17, 15) is 17.6 Å². The molecule has 7 heteroatoms. The molecular formula is C16H23FN2O3S. The molecular weight excluding hydrogens is 319 g/mol. The second kappa shape index (κ2) is 7.88. The number of nitrogens with one attached hydrogen (secondary N) is 1. The Kier molecular flexibility index (Phi) is 6.12. The zero-order valence-electron chi connectivity index (χ0n) is 13.3. The number of benzene rings is 1. The predicted molar refractivity (Wildman–Crippen MR) is 86.9 cm³/mol. The van der Waals surface area contributed by atoms with E-state index < -0.39 is 10.0 Å². The average molecular weight is 342 g/mol. The standard InChI is InChI=1S/C16H23FN2O3S/c1-23(21,22)18-11-16(20)19-10-4-5-13(12-19)8-9-14-6-2-3-7-15(14)17/h2-3,6-7,13,18H,4-5,8-12H2,1H3. The fourth-order valence-electron chi connectivity index (χ4n) is 2.89. The van der Waals surface area contributed by atoms with Crippen LogP contribution in [0.25, 0.3) is 0 Å². The molecule has 0 aromatic heterocycles. The van der Waals surface area contributed by atoms with Crippen molar-refractivity contribution in [2.75, 3.05) is 25.9 Å². The third kappa shape index (κ3) is 5.91. The number of sulfonamides is 1. The number of carbonyl (C=O) groups is 1. The van der Waals surface area contributed by atoms with Crippen LogP contribution in [-0.2, 0) is 21.2 Å². The van der Waals surface area contributed by atoms with Crippen LogP contribution in [0.3, 0.4) is 0 Å². The highest BCUT2D eigenvalue weighted by atomic mass is 32.2. The first kappa shape index (κ1) is 17.9. The molecule has 0 spiro atoms. The minimum Gasteiger partial charge on any atom is -0.341 e. The van der Waals surface area contributed by atoms with Crippen LogP contribution in [0.1, 0.15) is 24.8 Å². The quantitative estimate of drug-likeness (QED) is 0.853. The fraction of sp³-hybridized carbons (Fsp3) is 0.562. The fourth-order valence-corrected chi connectivity index (χ4v) is 3.28. The maximum absolute atomic E-state index is 13.6. The second-order valence-electron chi connectivity index (χ2n) is 6.07. The van der Waals surface area contributed by atoms with Gasteiger partial charge in [0.2, 0.25) is 15.9 Å². The van der Waals surface area contributed by atoms with E-state index in [0.717, 1.165) is 25.5 Å². The number of halogens is 1. The number of rotatable bonds is 6. The highest BCUT2D eigenvalue weighted by Crippen LogP contribution is 2.22. The molecule has 1 fully saturated rings. The Balaban J connectivity index is 1.83. The Morgan fingerprint density at radius 2 is 2.13 bits per heavy atom. The van der Waals surface area contributed by atoms with Crippen molar-refractivity contribution < 1.29 is 17.6 Å². The van der Waals surface area contributed by atoms with Crippen LogP contribution in [0.4, 0.5) is 4.39 Å². The molecule has 1 aromatic rings. The normalized spacial score (nSPS) is 18.9. The lowest BCUT2D eigenvalue weighted by Gasteiger charge is -2.33. The van der Waals surface area contributed by atoms with Crippen molar-refractivity contribution in [3.63, 3.8) is 0 Å². The van der Waals surface area contributed by atoms with Gasteiger partial charge < -0.3 is 4.90 Å². The van der Waals surface area contributed by atoms with Crippen LogP contribution in [-0.4, -0.2) is 45.1 Å². The van der Waals surface area contributed by atoms with Gasteiger partial charge in [-0.2, -0.15) is 0 Å². The van der Waals surface area contributed by atoms with Crippen molar-refractivity contribution in [3.05, 3.63) is 35.6 Å². The van der Waals surface area contributed by atoms with Gasteiger partial charge >= 0.3 is 0 Å². The maximum Gasteiger partial charge on any atom is 0.237 e. The molecule has 0 bridgehead atoms. The Morgan fingerprint density at radius 1 is 1.39 bits per heavy atom. The van der Waals surface area contributed by atoms with Gasteiger partial charge in [-0.15, -0.1) is 0 Å². The zero-order valence-corrected chi connectivity index (χ0v) is 14.1. The molecule has 1 amide bonds. The molecule has 1 atom stereocenters. The summed E-state index contributed by atoms with van der Waals surface area (Å²) >= 11 is 0. The van der Waals surface area contributed by atoms with Gasteiger partial charge in [-0.1, -0.05) is 18.2 Å². The summed E-state index contributed by atoms with van der Waals surface area (Å²) in [4.78, 5) is 13.8. The first-order valence-corrected chi connectivity index (χ1v) is 9.70. The Morgan fingerprint density at radius 3 is 2.83 bits per heavy atom. The molecule has 0 radical (unpaired) electrons. The lowest BCUT2D eigenvalue weighted by atomic mass is 9.91. The predicted octanol–water partition coefficient (Wildman–Crippen LogP) is 1.55. The number of carbonyl (C=O) groups excluding carboxylic acids is 1. The minimum atomic E-state index is -3.36. The van der Waals surface area contributed by atoms with E-state index in [1.807, 2.05) is 6.07 Å². The minimum absolute atomic E-state index is 0.186. The SMILES string of the molecule is CS(=O)(=O)NCC(=O)N1CCCC(CCc2ccccc2F)C1. The van der Waals surface area contributed by atoms with Gasteiger partial charge in [0.25, 0.3) is 0 Å². The van der Waals surface area contributed by atoms with Gasteiger partial charge in [0.05, 0.1) is 12.8 Å². The van der Waals surface area contributed by atoms with Crippen molar-refractivity contribution >= 4 is 15.9 Å². The van der Waals surface area contributed by atoms with E-state index in [1.165, 1.54) is 6.07 Å². The number of hydrogen-bond acceptors (Lipinski definition) is 3. The number of nitrogens with zero attached hydrogens (tertiary/aromatic N) is 1. The van der Waals surface area contributed by atoms with Crippen LogP contribution >= 0.6 is 0 Å².